The molecule has 0 aromatic heterocycles. The van der Waals surface area contributed by atoms with Crippen molar-refractivity contribution in [1.82, 2.24) is 9.80 Å². The first-order valence-electron chi connectivity index (χ1n) is 11.1. The van der Waals surface area contributed by atoms with Crippen LogP contribution in [0, 0.1) is 17.8 Å². The van der Waals surface area contributed by atoms with E-state index in [1.54, 1.807) is 0 Å². The number of alkyl halides is 2. The molecule has 35 heavy (non-hydrogen) atoms. The topological polar surface area (TPSA) is 113 Å². The van der Waals surface area contributed by atoms with Crippen LogP contribution < -0.4 is 9.47 Å². The summed E-state index contributed by atoms with van der Waals surface area (Å²) in [6.45, 7) is 0. The Bertz CT molecular complexity index is 1210. The summed E-state index contributed by atoms with van der Waals surface area (Å²) in [7, 11) is 5.50. The Balaban J connectivity index is 1.78. The quantitative estimate of drug-likeness (QED) is 0.367. The van der Waals surface area contributed by atoms with E-state index in [4.69, 9.17) is 32.7 Å². The van der Waals surface area contributed by atoms with Gasteiger partial charge >= 0.3 is 0 Å². The number of benzene rings is 1. The molecule has 2 heterocycles. The second-order valence-corrected chi connectivity index (χ2v) is 10.7. The number of hydrogen-bond donors (Lipinski definition) is 1. The molecule has 1 saturated carbocycles. The van der Waals surface area contributed by atoms with E-state index in [1.807, 2.05) is 6.08 Å². The second kappa shape index (κ2) is 7.61. The Hall–Kier alpha value is -2.78. The number of imide groups is 2. The molecule has 2 saturated heterocycles. The maximum absolute atomic E-state index is 13.5. The zero-order valence-electron chi connectivity index (χ0n) is 19.5. The largest absolute Gasteiger partial charge is 0.502 e. The number of phenols is 1. The van der Waals surface area contributed by atoms with Crippen molar-refractivity contribution < 1.29 is 33.8 Å². The van der Waals surface area contributed by atoms with Gasteiger partial charge in [-0.2, -0.15) is 0 Å². The van der Waals surface area contributed by atoms with Gasteiger partial charge < -0.3 is 14.6 Å². The Kier molecular flexibility index (Phi) is 5.20. The lowest BCUT2D eigenvalue weighted by molar-refractivity contribution is -0.140. The van der Waals surface area contributed by atoms with Crippen molar-refractivity contribution in [2.45, 2.75) is 28.5 Å². The van der Waals surface area contributed by atoms with Crippen molar-refractivity contribution in [2.24, 2.45) is 17.8 Å². The number of likely N-dealkylation sites (tertiary alicyclic amines) is 2. The van der Waals surface area contributed by atoms with Crippen molar-refractivity contribution in [3.05, 3.63) is 29.3 Å². The number of hydrogen-bond acceptors (Lipinski definition) is 7. The monoisotopic (exact) mass is 522 g/mol. The first-order valence-corrected chi connectivity index (χ1v) is 11.9. The number of amides is 4. The number of aromatic hydroxyl groups is 1. The minimum absolute atomic E-state index is 0.0737. The SMILES string of the molecule is COc1cc([C@H]2C3=CC[C@@H]4C(=O)N(C)C(=O)[C@@H]4[C@@H]3C[C@@]3(Cl)C(=O)N(C)C(=O)[C@@]23Cl)cc(OC)c1O. The number of allylic oxidation sites excluding steroid dienone is 2. The van der Waals surface area contributed by atoms with Crippen LogP contribution in [-0.4, -0.2) is 76.6 Å². The molecule has 186 valence electrons. The number of methoxy groups -OCH3 is 2. The molecule has 2 aliphatic heterocycles. The molecule has 9 nitrogen and oxygen atoms in total. The van der Waals surface area contributed by atoms with Gasteiger partial charge in [0.1, 0.15) is 0 Å². The summed E-state index contributed by atoms with van der Waals surface area (Å²) < 4.78 is 10.6. The Morgan fingerprint density at radius 2 is 1.54 bits per heavy atom. The molecule has 1 aromatic carbocycles. The summed E-state index contributed by atoms with van der Waals surface area (Å²) in [4.78, 5) is 51.0. The first-order chi connectivity index (χ1) is 16.4. The maximum Gasteiger partial charge on any atom is 0.253 e. The molecule has 11 heteroatoms. The zero-order valence-corrected chi connectivity index (χ0v) is 21.0. The van der Waals surface area contributed by atoms with Crippen LogP contribution in [0.25, 0.3) is 0 Å². The van der Waals surface area contributed by atoms with Gasteiger partial charge in [-0.25, -0.2) is 0 Å². The average molecular weight is 523 g/mol. The smallest absolute Gasteiger partial charge is 0.253 e. The zero-order chi connectivity index (χ0) is 25.6. The van der Waals surface area contributed by atoms with Crippen LogP contribution in [0.4, 0.5) is 0 Å². The molecule has 4 amide bonds. The second-order valence-electron chi connectivity index (χ2n) is 9.51. The molecule has 0 spiro atoms. The number of halogens is 2. The fourth-order valence-corrected chi connectivity index (χ4v) is 7.38. The van der Waals surface area contributed by atoms with Crippen molar-refractivity contribution >= 4 is 46.8 Å². The molecule has 4 aliphatic rings. The van der Waals surface area contributed by atoms with E-state index in [9.17, 15) is 24.3 Å². The highest BCUT2D eigenvalue weighted by molar-refractivity contribution is 6.53. The van der Waals surface area contributed by atoms with Crippen molar-refractivity contribution in [2.75, 3.05) is 28.3 Å². The highest BCUT2D eigenvalue weighted by Gasteiger charge is 2.75. The van der Waals surface area contributed by atoms with E-state index in [1.165, 1.54) is 40.4 Å². The third-order valence-electron chi connectivity index (χ3n) is 8.07. The number of carbonyl (C=O) groups is 4. The molecule has 3 fully saturated rings. The third kappa shape index (κ3) is 2.76. The molecule has 0 bridgehead atoms. The number of rotatable bonds is 3. The molecule has 1 N–H and O–H groups in total. The van der Waals surface area contributed by atoms with Gasteiger partial charge in [-0.3, -0.25) is 29.0 Å². The van der Waals surface area contributed by atoms with Crippen LogP contribution in [0.1, 0.15) is 24.3 Å². The molecule has 2 aliphatic carbocycles. The molecule has 0 unspecified atom stereocenters. The lowest BCUT2D eigenvalue weighted by Gasteiger charge is -2.50. The van der Waals surface area contributed by atoms with Gasteiger partial charge in [0, 0.05) is 20.0 Å². The van der Waals surface area contributed by atoms with Gasteiger partial charge in [0.2, 0.25) is 17.6 Å². The minimum atomic E-state index is -1.92. The van der Waals surface area contributed by atoms with Crippen LogP contribution >= 0.6 is 23.2 Å². The van der Waals surface area contributed by atoms with Crippen molar-refractivity contribution in [3.8, 4) is 17.2 Å². The van der Waals surface area contributed by atoms with Gasteiger partial charge in [0.25, 0.3) is 11.8 Å². The molecule has 6 atom stereocenters. The lowest BCUT2D eigenvalue weighted by atomic mass is 9.56. The number of ether oxygens (including phenoxy) is 2. The summed E-state index contributed by atoms with van der Waals surface area (Å²) in [6, 6.07) is 3.03. The Morgan fingerprint density at radius 3 is 2.11 bits per heavy atom. The number of nitrogens with zero attached hydrogens (tertiary/aromatic N) is 2. The normalized spacial score (nSPS) is 36.1. The fourth-order valence-electron chi connectivity index (χ4n) is 6.36. The summed E-state index contributed by atoms with van der Waals surface area (Å²) >= 11 is 14.2. The van der Waals surface area contributed by atoms with Crippen LogP contribution in [0.3, 0.4) is 0 Å². The lowest BCUT2D eigenvalue weighted by Crippen LogP contribution is -2.60. The van der Waals surface area contributed by atoms with E-state index in [-0.39, 0.29) is 41.9 Å². The molecular formula is C24H24Cl2N2O7. The van der Waals surface area contributed by atoms with Crippen molar-refractivity contribution in [3.63, 3.8) is 0 Å². The summed E-state index contributed by atoms with van der Waals surface area (Å²) in [5.74, 6) is -4.88. The highest BCUT2D eigenvalue weighted by atomic mass is 35.5. The summed E-state index contributed by atoms with van der Waals surface area (Å²) in [5, 5.41) is 10.5. The third-order valence-corrected chi connectivity index (χ3v) is 9.48. The van der Waals surface area contributed by atoms with Gasteiger partial charge in [0.05, 0.1) is 26.1 Å². The van der Waals surface area contributed by atoms with E-state index in [0.717, 1.165) is 9.80 Å². The van der Waals surface area contributed by atoms with E-state index in [2.05, 4.69) is 0 Å². The number of phenolic OH excluding ortho intramolecular Hbond substituents is 1. The molecular weight excluding hydrogens is 499 g/mol. The predicted octanol–water partition coefficient (Wildman–Crippen LogP) is 2.03. The van der Waals surface area contributed by atoms with Gasteiger partial charge in [-0.05, 0) is 36.5 Å². The standard InChI is InChI=1S/C24H24Cl2N2O7/c1-27-19(30)12-6-5-11-13(16(12)20(27)31)9-23(25)21(32)28(2)22(33)24(23,26)17(11)10-7-14(34-3)18(29)15(8-10)35-4/h5,7-8,12-13,16-17,29H,6,9H2,1-4H3/t12-,13+,16-,17-,23+,24-/m0/s1. The van der Waals surface area contributed by atoms with Gasteiger partial charge in [-0.15, -0.1) is 23.2 Å². The number of carbonyl (C=O) groups excluding carboxylic acids is 4. The minimum Gasteiger partial charge on any atom is -0.502 e. The predicted molar refractivity (Wildman–Crippen MR) is 124 cm³/mol. The maximum atomic E-state index is 13.5. The van der Waals surface area contributed by atoms with E-state index < -0.39 is 45.2 Å². The van der Waals surface area contributed by atoms with E-state index >= 15 is 0 Å². The fraction of sp³-hybridized carbons (Fsp3) is 0.500. The van der Waals surface area contributed by atoms with Gasteiger partial charge in [0.15, 0.2) is 21.2 Å². The summed E-state index contributed by atoms with van der Waals surface area (Å²) in [6.07, 6.45) is 2.05. The van der Waals surface area contributed by atoms with Crippen LogP contribution in [-0.2, 0) is 19.2 Å². The van der Waals surface area contributed by atoms with Crippen LogP contribution in [0.5, 0.6) is 17.2 Å². The van der Waals surface area contributed by atoms with Crippen molar-refractivity contribution in [1.29, 1.82) is 0 Å². The van der Waals surface area contributed by atoms with Crippen LogP contribution in [0.2, 0.25) is 0 Å². The van der Waals surface area contributed by atoms with Crippen LogP contribution in [0.15, 0.2) is 23.8 Å². The molecule has 5 rings (SSSR count). The highest BCUT2D eigenvalue weighted by Crippen LogP contribution is 2.65. The Labute approximate surface area is 211 Å². The van der Waals surface area contributed by atoms with Gasteiger partial charge in [-0.1, -0.05) is 11.6 Å². The first kappa shape index (κ1) is 23.9. The van der Waals surface area contributed by atoms with E-state index in [0.29, 0.717) is 11.1 Å². The Morgan fingerprint density at radius 1 is 0.943 bits per heavy atom. The number of fused-ring (bicyclic) bond motifs is 4. The summed E-state index contributed by atoms with van der Waals surface area (Å²) in [5.41, 5.74) is 1.08. The molecule has 1 aromatic rings. The average Bonchev–Trinajstić information content (AvgIpc) is 3.14. The molecule has 0 radical (unpaired) electrons.